The first kappa shape index (κ1) is 13.5. The van der Waals surface area contributed by atoms with Gasteiger partial charge < -0.3 is 9.47 Å². The topological polar surface area (TPSA) is 38.8 Å². The van der Waals surface area contributed by atoms with Gasteiger partial charge in [0.2, 0.25) is 0 Å². The average Bonchev–Trinajstić information content (AvgIpc) is 2.91. The Morgan fingerprint density at radius 1 is 1.25 bits per heavy atom. The summed E-state index contributed by atoms with van der Waals surface area (Å²) in [5.74, 6) is -0.196. The van der Waals surface area contributed by atoms with Crippen LogP contribution in [0, 0.1) is 0 Å². The van der Waals surface area contributed by atoms with Crippen molar-refractivity contribution in [3.63, 3.8) is 0 Å². The molecule has 0 aromatic rings. The molecule has 3 nitrogen and oxygen atoms in total. The predicted molar refractivity (Wildman–Crippen MR) is 63.3 cm³/mol. The van der Waals surface area contributed by atoms with Crippen molar-refractivity contribution in [1.82, 2.24) is 0 Å². The van der Waals surface area contributed by atoms with Crippen LogP contribution in [0.2, 0.25) is 0 Å². The number of ether oxygens (including phenoxy) is 2. The van der Waals surface area contributed by atoms with Crippen molar-refractivity contribution in [2.45, 2.75) is 71.0 Å². The third-order valence-corrected chi connectivity index (χ3v) is 3.16. The molecule has 0 aromatic heterocycles. The maximum atomic E-state index is 11.4. The van der Waals surface area contributed by atoms with E-state index in [2.05, 4.69) is 6.92 Å². The molecule has 94 valence electrons. The Labute approximate surface area is 98.5 Å². The van der Waals surface area contributed by atoms with Gasteiger partial charge in [0.15, 0.2) is 6.10 Å². The van der Waals surface area contributed by atoms with Crippen LogP contribution in [0.4, 0.5) is 0 Å². The molecule has 0 aromatic carbocycles. The molecule has 0 bridgehead atoms. The second kappa shape index (κ2) is 6.24. The molecule has 0 radical (unpaired) electrons. The number of unbranched alkanes of at least 4 members (excludes halogenated alkanes) is 4. The van der Waals surface area contributed by atoms with Crippen LogP contribution in [0.5, 0.6) is 0 Å². The van der Waals surface area contributed by atoms with E-state index < -0.39 is 0 Å². The van der Waals surface area contributed by atoms with E-state index in [1.807, 2.05) is 13.8 Å². The van der Waals surface area contributed by atoms with Crippen LogP contribution in [-0.4, -0.2) is 24.3 Å². The van der Waals surface area contributed by atoms with Gasteiger partial charge in [-0.25, -0.2) is 4.79 Å². The van der Waals surface area contributed by atoms with Crippen LogP contribution in [0.3, 0.4) is 0 Å². The zero-order valence-electron chi connectivity index (χ0n) is 10.8. The minimum absolute atomic E-state index is 0.196. The lowest BCUT2D eigenvalue weighted by molar-refractivity contribution is -0.144. The van der Waals surface area contributed by atoms with Gasteiger partial charge in [-0.3, -0.25) is 0 Å². The Morgan fingerprint density at radius 2 is 1.94 bits per heavy atom. The summed E-state index contributed by atoms with van der Waals surface area (Å²) in [5, 5.41) is 0. The minimum atomic E-state index is -0.307. The standard InChI is InChI=1S/C13H24O3/c1-4-6-7-8-9-10-13(3)11(16-13)12(14)15-5-2/h11H,4-10H2,1-3H3. The first-order valence-corrected chi connectivity index (χ1v) is 6.48. The smallest absolute Gasteiger partial charge is 0.338 e. The van der Waals surface area contributed by atoms with Crippen molar-refractivity contribution in [3.05, 3.63) is 0 Å². The highest BCUT2D eigenvalue weighted by Gasteiger charge is 2.57. The second-order valence-electron chi connectivity index (χ2n) is 4.73. The number of hydrogen-bond acceptors (Lipinski definition) is 3. The Hall–Kier alpha value is -0.570. The Kier molecular flexibility index (Phi) is 5.26. The summed E-state index contributed by atoms with van der Waals surface area (Å²) in [6.45, 7) is 6.48. The number of hydrogen-bond donors (Lipinski definition) is 0. The Bertz CT molecular complexity index is 227. The van der Waals surface area contributed by atoms with Crippen LogP contribution in [0.15, 0.2) is 0 Å². The van der Waals surface area contributed by atoms with Crippen LogP contribution in [0.1, 0.15) is 59.3 Å². The van der Waals surface area contributed by atoms with Crippen LogP contribution in [-0.2, 0) is 14.3 Å². The molecular weight excluding hydrogens is 204 g/mol. The van der Waals surface area contributed by atoms with Gasteiger partial charge in [0.25, 0.3) is 0 Å². The van der Waals surface area contributed by atoms with E-state index in [1.54, 1.807) is 0 Å². The summed E-state index contributed by atoms with van der Waals surface area (Å²) in [7, 11) is 0. The van der Waals surface area contributed by atoms with E-state index in [1.165, 1.54) is 25.7 Å². The van der Waals surface area contributed by atoms with Gasteiger partial charge in [-0.1, -0.05) is 39.0 Å². The fraction of sp³-hybridized carbons (Fsp3) is 0.923. The normalized spacial score (nSPS) is 27.8. The largest absolute Gasteiger partial charge is 0.464 e. The number of esters is 1. The number of rotatable bonds is 8. The fourth-order valence-corrected chi connectivity index (χ4v) is 2.02. The summed E-state index contributed by atoms with van der Waals surface area (Å²) in [5.41, 5.74) is -0.238. The number of carbonyl (C=O) groups excluding carboxylic acids is 1. The summed E-state index contributed by atoms with van der Waals surface area (Å²) in [4.78, 5) is 11.4. The molecule has 0 N–H and O–H groups in total. The summed E-state index contributed by atoms with van der Waals surface area (Å²) >= 11 is 0. The molecule has 2 unspecified atom stereocenters. The molecule has 1 heterocycles. The van der Waals surface area contributed by atoms with Crippen molar-refractivity contribution in [1.29, 1.82) is 0 Å². The molecular formula is C13H24O3. The molecule has 2 atom stereocenters. The van der Waals surface area contributed by atoms with Crippen molar-refractivity contribution < 1.29 is 14.3 Å². The maximum absolute atomic E-state index is 11.4. The van der Waals surface area contributed by atoms with Gasteiger partial charge in [0.1, 0.15) is 5.60 Å². The van der Waals surface area contributed by atoms with Crippen LogP contribution in [0.25, 0.3) is 0 Å². The molecule has 1 saturated heterocycles. The number of epoxide rings is 1. The molecule has 1 aliphatic heterocycles. The molecule has 0 spiro atoms. The first-order valence-electron chi connectivity index (χ1n) is 6.48. The molecule has 16 heavy (non-hydrogen) atoms. The van der Waals surface area contributed by atoms with Crippen molar-refractivity contribution in [2.24, 2.45) is 0 Å². The SMILES string of the molecule is CCCCCCCC1(C)OC1C(=O)OCC. The van der Waals surface area contributed by atoms with E-state index in [9.17, 15) is 4.79 Å². The number of carbonyl (C=O) groups is 1. The summed E-state index contributed by atoms with van der Waals surface area (Å²) in [6, 6.07) is 0. The molecule has 0 saturated carbocycles. The summed E-state index contributed by atoms with van der Waals surface area (Å²) in [6.07, 6.45) is 6.91. The quantitative estimate of drug-likeness (QED) is 0.364. The summed E-state index contributed by atoms with van der Waals surface area (Å²) < 4.78 is 10.4. The van der Waals surface area contributed by atoms with E-state index >= 15 is 0 Å². The van der Waals surface area contributed by atoms with Crippen molar-refractivity contribution >= 4 is 5.97 Å². The minimum Gasteiger partial charge on any atom is -0.464 e. The highest BCUT2D eigenvalue weighted by Crippen LogP contribution is 2.41. The van der Waals surface area contributed by atoms with Gasteiger partial charge in [-0.2, -0.15) is 0 Å². The third-order valence-electron chi connectivity index (χ3n) is 3.16. The van der Waals surface area contributed by atoms with Crippen molar-refractivity contribution in [2.75, 3.05) is 6.61 Å². The lowest BCUT2D eigenvalue weighted by Crippen LogP contribution is -2.20. The lowest BCUT2D eigenvalue weighted by Gasteiger charge is -2.05. The van der Waals surface area contributed by atoms with E-state index in [-0.39, 0.29) is 17.7 Å². The Balaban J connectivity index is 2.11. The lowest BCUT2D eigenvalue weighted by atomic mass is 9.99. The molecule has 0 aliphatic carbocycles. The van der Waals surface area contributed by atoms with E-state index in [4.69, 9.17) is 9.47 Å². The van der Waals surface area contributed by atoms with E-state index in [0.717, 1.165) is 12.8 Å². The zero-order chi connectivity index (χ0) is 12.0. The van der Waals surface area contributed by atoms with Crippen LogP contribution < -0.4 is 0 Å². The molecule has 1 aliphatic rings. The van der Waals surface area contributed by atoms with Gasteiger partial charge in [0.05, 0.1) is 6.61 Å². The monoisotopic (exact) mass is 228 g/mol. The maximum Gasteiger partial charge on any atom is 0.338 e. The van der Waals surface area contributed by atoms with E-state index in [0.29, 0.717) is 6.61 Å². The van der Waals surface area contributed by atoms with Gasteiger partial charge >= 0.3 is 5.97 Å². The van der Waals surface area contributed by atoms with Crippen LogP contribution >= 0.6 is 0 Å². The van der Waals surface area contributed by atoms with Gasteiger partial charge in [0, 0.05) is 0 Å². The third kappa shape index (κ3) is 3.78. The average molecular weight is 228 g/mol. The predicted octanol–water partition coefficient (Wildman–Crippen LogP) is 3.07. The molecule has 1 rings (SSSR count). The molecule has 0 amide bonds. The first-order chi connectivity index (χ1) is 7.64. The highest BCUT2D eigenvalue weighted by atomic mass is 16.7. The molecule has 3 heteroatoms. The Morgan fingerprint density at radius 3 is 2.56 bits per heavy atom. The van der Waals surface area contributed by atoms with Crippen molar-refractivity contribution in [3.8, 4) is 0 Å². The second-order valence-corrected chi connectivity index (χ2v) is 4.73. The zero-order valence-corrected chi connectivity index (χ0v) is 10.8. The molecule has 1 fully saturated rings. The van der Waals surface area contributed by atoms with Gasteiger partial charge in [-0.15, -0.1) is 0 Å². The fourth-order valence-electron chi connectivity index (χ4n) is 2.02. The van der Waals surface area contributed by atoms with Gasteiger partial charge in [-0.05, 0) is 20.3 Å². The highest BCUT2D eigenvalue weighted by molar-refractivity contribution is 5.79.